The normalized spacial score (nSPS) is 18.9. The Kier molecular flexibility index (Phi) is 4.01. The molecule has 1 aromatic carbocycles. The predicted octanol–water partition coefficient (Wildman–Crippen LogP) is 2.82. The lowest BCUT2D eigenvalue weighted by Crippen LogP contribution is -2.26. The maximum absolute atomic E-state index is 13.0. The maximum Gasteiger partial charge on any atom is 0.307 e. The number of carbonyl (C=O) groups is 1. The molecular formula is C15H14FNO3S2. The highest BCUT2D eigenvalue weighted by molar-refractivity contribution is 7.87. The van der Waals surface area contributed by atoms with Crippen LogP contribution in [0.1, 0.15) is 12.0 Å². The van der Waals surface area contributed by atoms with Crippen molar-refractivity contribution in [3.8, 4) is 10.4 Å². The van der Waals surface area contributed by atoms with Crippen LogP contribution in [-0.2, 0) is 21.6 Å². The summed E-state index contributed by atoms with van der Waals surface area (Å²) in [5, 5.41) is 0.773. The summed E-state index contributed by atoms with van der Waals surface area (Å²) in [6.07, 6.45) is -0.272. The molecule has 1 atom stereocenters. The molecule has 2 heterocycles. The number of halogens is 1. The number of likely N-dealkylation sites (tertiary alicyclic amines) is 1. The Morgan fingerprint density at radius 1 is 1.23 bits per heavy atom. The molecule has 1 aliphatic rings. The van der Waals surface area contributed by atoms with Crippen molar-refractivity contribution in [2.24, 2.45) is 0 Å². The second-order valence-electron chi connectivity index (χ2n) is 5.25. The Labute approximate surface area is 132 Å². The van der Waals surface area contributed by atoms with E-state index in [-0.39, 0.29) is 18.9 Å². The molecule has 22 heavy (non-hydrogen) atoms. The first-order chi connectivity index (χ1) is 10.4. The van der Waals surface area contributed by atoms with Gasteiger partial charge in [0.2, 0.25) is 5.91 Å². The van der Waals surface area contributed by atoms with Gasteiger partial charge in [0.1, 0.15) is 5.25 Å². The molecule has 3 rings (SSSR count). The van der Waals surface area contributed by atoms with E-state index in [1.165, 1.54) is 4.90 Å². The lowest BCUT2D eigenvalue weighted by Gasteiger charge is -2.16. The van der Waals surface area contributed by atoms with Crippen molar-refractivity contribution < 1.29 is 17.1 Å². The average molecular weight is 339 g/mol. The Hall–Kier alpha value is -1.73. The van der Waals surface area contributed by atoms with Crippen LogP contribution in [-0.4, -0.2) is 31.0 Å². The molecule has 116 valence electrons. The molecule has 0 bridgehead atoms. The van der Waals surface area contributed by atoms with E-state index in [9.17, 15) is 17.1 Å². The molecular weight excluding hydrogens is 325 g/mol. The Morgan fingerprint density at radius 3 is 2.50 bits per heavy atom. The fraction of sp³-hybridized carbons (Fsp3) is 0.267. The van der Waals surface area contributed by atoms with Gasteiger partial charge in [0.15, 0.2) is 0 Å². The van der Waals surface area contributed by atoms with E-state index in [4.69, 9.17) is 0 Å². The SMILES string of the molecule is O=C1CC(S(=O)(=O)F)CN1Cc1ccc(-c2cccs2)cc1. The third-order valence-corrected chi connectivity index (χ3v) is 5.74. The maximum atomic E-state index is 13.0. The van der Waals surface area contributed by atoms with Crippen molar-refractivity contribution >= 4 is 27.5 Å². The minimum atomic E-state index is -4.66. The van der Waals surface area contributed by atoms with Gasteiger partial charge in [0, 0.05) is 24.4 Å². The van der Waals surface area contributed by atoms with Crippen LogP contribution >= 0.6 is 11.3 Å². The summed E-state index contributed by atoms with van der Waals surface area (Å²) in [5.41, 5.74) is 1.99. The van der Waals surface area contributed by atoms with E-state index in [0.29, 0.717) is 6.54 Å². The van der Waals surface area contributed by atoms with Gasteiger partial charge in [-0.3, -0.25) is 4.79 Å². The van der Waals surface area contributed by atoms with Crippen molar-refractivity contribution in [1.82, 2.24) is 4.90 Å². The number of hydrogen-bond acceptors (Lipinski definition) is 4. The van der Waals surface area contributed by atoms with E-state index in [0.717, 1.165) is 16.0 Å². The van der Waals surface area contributed by atoms with E-state index in [1.807, 2.05) is 41.8 Å². The zero-order chi connectivity index (χ0) is 15.7. The summed E-state index contributed by atoms with van der Waals surface area (Å²) in [5.74, 6) is -0.325. The van der Waals surface area contributed by atoms with Crippen molar-refractivity contribution in [2.45, 2.75) is 18.2 Å². The van der Waals surface area contributed by atoms with Gasteiger partial charge >= 0.3 is 10.2 Å². The molecule has 4 nitrogen and oxygen atoms in total. The van der Waals surface area contributed by atoms with Crippen molar-refractivity contribution in [2.75, 3.05) is 6.54 Å². The molecule has 1 aromatic heterocycles. The van der Waals surface area contributed by atoms with Gasteiger partial charge in [0.25, 0.3) is 0 Å². The molecule has 1 unspecified atom stereocenters. The molecule has 0 spiro atoms. The third-order valence-electron chi connectivity index (χ3n) is 3.71. The highest BCUT2D eigenvalue weighted by Gasteiger charge is 2.38. The largest absolute Gasteiger partial charge is 0.337 e. The number of hydrogen-bond donors (Lipinski definition) is 0. The van der Waals surface area contributed by atoms with Crippen molar-refractivity contribution in [3.63, 3.8) is 0 Å². The predicted molar refractivity (Wildman–Crippen MR) is 83.6 cm³/mol. The molecule has 1 amide bonds. The minimum Gasteiger partial charge on any atom is -0.337 e. The second-order valence-corrected chi connectivity index (χ2v) is 7.82. The van der Waals surface area contributed by atoms with Gasteiger partial charge in [-0.2, -0.15) is 8.42 Å². The zero-order valence-electron chi connectivity index (χ0n) is 11.6. The topological polar surface area (TPSA) is 54.5 Å². The number of rotatable bonds is 4. The van der Waals surface area contributed by atoms with Crippen LogP contribution in [0.15, 0.2) is 41.8 Å². The second kappa shape index (κ2) is 5.81. The standard InChI is InChI=1S/C15H14FNO3S2/c16-22(19,20)13-8-15(18)17(10-13)9-11-3-5-12(6-4-11)14-2-1-7-21-14/h1-7,13H,8-10H2. The van der Waals surface area contributed by atoms with Crippen LogP contribution in [0.2, 0.25) is 0 Å². The first-order valence-electron chi connectivity index (χ1n) is 6.77. The first kappa shape index (κ1) is 15.2. The molecule has 1 saturated heterocycles. The summed E-state index contributed by atoms with van der Waals surface area (Å²) in [6, 6.07) is 11.7. The quantitative estimate of drug-likeness (QED) is 0.805. The van der Waals surface area contributed by atoms with Gasteiger partial charge in [-0.05, 0) is 22.6 Å². The average Bonchev–Trinajstić information content (AvgIpc) is 3.10. The molecule has 1 fully saturated rings. The summed E-state index contributed by atoms with van der Waals surface area (Å²) in [7, 11) is -4.66. The molecule has 0 aliphatic carbocycles. The molecule has 0 radical (unpaired) electrons. The lowest BCUT2D eigenvalue weighted by atomic mass is 10.1. The Bertz CT molecular complexity index is 770. The summed E-state index contributed by atoms with van der Waals surface area (Å²) >= 11 is 1.65. The monoisotopic (exact) mass is 339 g/mol. The molecule has 7 heteroatoms. The molecule has 2 aromatic rings. The van der Waals surface area contributed by atoms with Crippen LogP contribution in [0.4, 0.5) is 3.89 Å². The number of carbonyl (C=O) groups excluding carboxylic acids is 1. The van der Waals surface area contributed by atoms with Crippen LogP contribution in [0.3, 0.4) is 0 Å². The Morgan fingerprint density at radius 2 is 1.95 bits per heavy atom. The fourth-order valence-corrected chi connectivity index (χ4v) is 3.95. The summed E-state index contributed by atoms with van der Waals surface area (Å²) in [4.78, 5) is 14.3. The fourth-order valence-electron chi connectivity index (χ4n) is 2.51. The lowest BCUT2D eigenvalue weighted by molar-refractivity contribution is -0.128. The van der Waals surface area contributed by atoms with Gasteiger partial charge in [-0.15, -0.1) is 15.2 Å². The molecule has 0 N–H and O–H groups in total. The van der Waals surface area contributed by atoms with Crippen molar-refractivity contribution in [3.05, 3.63) is 47.3 Å². The molecule has 0 saturated carbocycles. The van der Waals surface area contributed by atoms with Gasteiger partial charge < -0.3 is 4.90 Å². The summed E-state index contributed by atoms with van der Waals surface area (Å²) in [6.45, 7) is 0.222. The number of thiophene rings is 1. The number of amides is 1. The van der Waals surface area contributed by atoms with E-state index < -0.39 is 15.5 Å². The Balaban J connectivity index is 1.70. The van der Waals surface area contributed by atoms with Gasteiger partial charge in [-0.25, -0.2) is 0 Å². The van der Waals surface area contributed by atoms with Gasteiger partial charge in [-0.1, -0.05) is 30.3 Å². The first-order valence-corrected chi connectivity index (χ1v) is 9.10. The van der Waals surface area contributed by atoms with Crippen molar-refractivity contribution in [1.29, 1.82) is 0 Å². The zero-order valence-corrected chi connectivity index (χ0v) is 13.2. The number of nitrogens with zero attached hydrogens (tertiary/aromatic N) is 1. The van der Waals surface area contributed by atoms with E-state index in [2.05, 4.69) is 0 Å². The minimum absolute atomic E-state index is 0.0790. The summed E-state index contributed by atoms with van der Waals surface area (Å²) < 4.78 is 34.8. The number of benzene rings is 1. The highest BCUT2D eigenvalue weighted by Crippen LogP contribution is 2.26. The highest BCUT2D eigenvalue weighted by atomic mass is 32.3. The van der Waals surface area contributed by atoms with Crippen LogP contribution < -0.4 is 0 Å². The third kappa shape index (κ3) is 3.20. The van der Waals surface area contributed by atoms with Gasteiger partial charge in [0.05, 0.1) is 0 Å². The van der Waals surface area contributed by atoms with Crippen LogP contribution in [0.5, 0.6) is 0 Å². The molecule has 1 aliphatic heterocycles. The van der Waals surface area contributed by atoms with Crippen LogP contribution in [0.25, 0.3) is 10.4 Å². The van der Waals surface area contributed by atoms with Crippen LogP contribution in [0, 0.1) is 0 Å². The van der Waals surface area contributed by atoms with E-state index >= 15 is 0 Å². The van der Waals surface area contributed by atoms with E-state index in [1.54, 1.807) is 11.3 Å². The smallest absolute Gasteiger partial charge is 0.307 e.